The Balaban J connectivity index is 2.03. The SMILES string of the molecule is COc1ccc(C)cc1-n1nnc(C(=O)O)c1CSc1ncccn1. The largest absolute Gasteiger partial charge is 0.494 e. The first-order chi connectivity index (χ1) is 12.1. The van der Waals surface area contributed by atoms with Gasteiger partial charge < -0.3 is 9.84 Å². The summed E-state index contributed by atoms with van der Waals surface area (Å²) in [4.78, 5) is 19.8. The number of carboxylic acid groups (broad SMARTS) is 1. The molecule has 1 N–H and O–H groups in total. The maximum atomic E-state index is 11.5. The van der Waals surface area contributed by atoms with E-state index in [2.05, 4.69) is 20.3 Å². The van der Waals surface area contributed by atoms with Crippen molar-refractivity contribution in [2.45, 2.75) is 17.8 Å². The highest BCUT2D eigenvalue weighted by atomic mass is 32.2. The lowest BCUT2D eigenvalue weighted by Gasteiger charge is -2.11. The number of hydrogen-bond donors (Lipinski definition) is 1. The molecule has 0 unspecified atom stereocenters. The molecule has 0 saturated heterocycles. The lowest BCUT2D eigenvalue weighted by Crippen LogP contribution is -2.07. The fourth-order valence-electron chi connectivity index (χ4n) is 2.25. The number of aromatic nitrogens is 5. The van der Waals surface area contributed by atoms with Gasteiger partial charge >= 0.3 is 5.97 Å². The quantitative estimate of drug-likeness (QED) is 0.530. The van der Waals surface area contributed by atoms with Crippen LogP contribution in [0.4, 0.5) is 0 Å². The van der Waals surface area contributed by atoms with Gasteiger partial charge in [-0.15, -0.1) is 5.10 Å². The molecule has 0 aliphatic rings. The van der Waals surface area contributed by atoms with Gasteiger partial charge in [0.05, 0.1) is 12.8 Å². The molecular weight excluding hydrogens is 342 g/mol. The molecular formula is C16H15N5O3S. The molecule has 25 heavy (non-hydrogen) atoms. The van der Waals surface area contributed by atoms with E-state index in [0.717, 1.165) is 5.56 Å². The van der Waals surface area contributed by atoms with Gasteiger partial charge in [0, 0.05) is 18.1 Å². The molecule has 2 aromatic heterocycles. The van der Waals surface area contributed by atoms with Crippen molar-refractivity contribution in [3.63, 3.8) is 0 Å². The molecule has 0 saturated carbocycles. The maximum absolute atomic E-state index is 11.5. The number of aryl methyl sites for hydroxylation is 1. The van der Waals surface area contributed by atoms with Crippen LogP contribution in [0.5, 0.6) is 5.75 Å². The molecule has 2 heterocycles. The van der Waals surface area contributed by atoms with E-state index in [4.69, 9.17) is 4.74 Å². The van der Waals surface area contributed by atoms with Crippen LogP contribution in [0.25, 0.3) is 5.69 Å². The van der Waals surface area contributed by atoms with E-state index in [0.29, 0.717) is 28.0 Å². The van der Waals surface area contributed by atoms with Gasteiger partial charge in [-0.1, -0.05) is 23.0 Å². The zero-order valence-corrected chi connectivity index (χ0v) is 14.4. The monoisotopic (exact) mass is 357 g/mol. The van der Waals surface area contributed by atoms with E-state index in [1.807, 2.05) is 25.1 Å². The number of rotatable bonds is 6. The van der Waals surface area contributed by atoms with Crippen molar-refractivity contribution in [1.29, 1.82) is 0 Å². The van der Waals surface area contributed by atoms with Gasteiger partial charge in [0.1, 0.15) is 11.4 Å². The smallest absolute Gasteiger partial charge is 0.358 e. The zero-order valence-electron chi connectivity index (χ0n) is 13.6. The molecule has 0 fully saturated rings. The zero-order chi connectivity index (χ0) is 17.8. The van der Waals surface area contributed by atoms with Crippen LogP contribution in [-0.4, -0.2) is 43.1 Å². The van der Waals surface area contributed by atoms with E-state index in [-0.39, 0.29) is 5.69 Å². The number of aromatic carboxylic acids is 1. The molecule has 1 aromatic carbocycles. The van der Waals surface area contributed by atoms with Crippen molar-refractivity contribution in [3.05, 3.63) is 53.6 Å². The molecule has 0 aliphatic heterocycles. The van der Waals surface area contributed by atoms with Crippen molar-refractivity contribution in [1.82, 2.24) is 25.0 Å². The average molecular weight is 357 g/mol. The number of benzene rings is 1. The molecule has 0 bridgehead atoms. The fraction of sp³-hybridized carbons (Fsp3) is 0.188. The molecule has 3 aromatic rings. The Morgan fingerprint density at radius 3 is 2.76 bits per heavy atom. The Morgan fingerprint density at radius 1 is 1.32 bits per heavy atom. The summed E-state index contributed by atoms with van der Waals surface area (Å²) < 4.78 is 6.87. The third kappa shape index (κ3) is 3.61. The third-order valence-electron chi connectivity index (χ3n) is 3.41. The van der Waals surface area contributed by atoms with Gasteiger partial charge in [0.25, 0.3) is 0 Å². The van der Waals surface area contributed by atoms with Crippen LogP contribution < -0.4 is 4.74 Å². The van der Waals surface area contributed by atoms with E-state index in [9.17, 15) is 9.90 Å². The molecule has 128 valence electrons. The highest BCUT2D eigenvalue weighted by Gasteiger charge is 2.22. The number of carbonyl (C=O) groups is 1. The lowest BCUT2D eigenvalue weighted by atomic mass is 10.2. The standard InChI is InChI=1S/C16H15N5O3S/c1-10-4-5-13(24-2)11(8-10)21-12(14(15(22)23)19-20-21)9-25-16-17-6-3-7-18-16/h3-8H,9H2,1-2H3,(H,22,23). The Hall–Kier alpha value is -2.94. The number of methoxy groups -OCH3 is 1. The molecule has 0 spiro atoms. The average Bonchev–Trinajstić information content (AvgIpc) is 3.05. The maximum Gasteiger partial charge on any atom is 0.358 e. The summed E-state index contributed by atoms with van der Waals surface area (Å²) in [7, 11) is 1.55. The minimum atomic E-state index is -1.14. The Labute approximate surface area is 147 Å². The van der Waals surface area contributed by atoms with Gasteiger partial charge in [0.2, 0.25) is 0 Å². The molecule has 0 radical (unpaired) electrons. The van der Waals surface area contributed by atoms with Crippen molar-refractivity contribution >= 4 is 17.7 Å². The van der Waals surface area contributed by atoms with E-state index in [1.54, 1.807) is 25.6 Å². The Bertz CT molecular complexity index is 898. The first kappa shape index (κ1) is 16.9. The fourth-order valence-corrected chi connectivity index (χ4v) is 3.04. The van der Waals surface area contributed by atoms with Crippen molar-refractivity contribution in [2.24, 2.45) is 0 Å². The van der Waals surface area contributed by atoms with Crippen LogP contribution in [0, 0.1) is 6.92 Å². The van der Waals surface area contributed by atoms with Crippen LogP contribution in [-0.2, 0) is 5.75 Å². The van der Waals surface area contributed by atoms with Gasteiger partial charge in [0.15, 0.2) is 10.9 Å². The number of hydrogen-bond acceptors (Lipinski definition) is 7. The van der Waals surface area contributed by atoms with E-state index in [1.165, 1.54) is 16.4 Å². The highest BCUT2D eigenvalue weighted by molar-refractivity contribution is 7.98. The van der Waals surface area contributed by atoms with Crippen molar-refractivity contribution < 1.29 is 14.6 Å². The second kappa shape index (κ2) is 7.31. The van der Waals surface area contributed by atoms with Crippen LogP contribution in [0.1, 0.15) is 21.7 Å². The third-order valence-corrected chi connectivity index (χ3v) is 4.30. The number of thioether (sulfide) groups is 1. The van der Waals surface area contributed by atoms with Gasteiger partial charge in [-0.2, -0.15) is 0 Å². The van der Waals surface area contributed by atoms with Crippen LogP contribution in [0.15, 0.2) is 41.8 Å². The minimum Gasteiger partial charge on any atom is -0.494 e. The summed E-state index contributed by atoms with van der Waals surface area (Å²) in [6, 6.07) is 7.30. The Morgan fingerprint density at radius 2 is 2.08 bits per heavy atom. The topological polar surface area (TPSA) is 103 Å². The molecule has 0 aliphatic carbocycles. The van der Waals surface area contributed by atoms with Crippen LogP contribution >= 0.6 is 11.8 Å². The number of carboxylic acids is 1. The van der Waals surface area contributed by atoms with Gasteiger partial charge in [-0.3, -0.25) is 0 Å². The van der Waals surface area contributed by atoms with E-state index < -0.39 is 5.97 Å². The first-order valence-corrected chi connectivity index (χ1v) is 8.31. The molecule has 9 heteroatoms. The summed E-state index contributed by atoms with van der Waals surface area (Å²) in [6.45, 7) is 1.93. The number of ether oxygens (including phenoxy) is 1. The van der Waals surface area contributed by atoms with Crippen molar-refractivity contribution in [3.8, 4) is 11.4 Å². The Kier molecular flexibility index (Phi) is 4.94. The van der Waals surface area contributed by atoms with Crippen LogP contribution in [0.3, 0.4) is 0 Å². The summed E-state index contributed by atoms with van der Waals surface area (Å²) >= 11 is 1.31. The van der Waals surface area contributed by atoms with E-state index >= 15 is 0 Å². The second-order valence-corrected chi connectivity index (χ2v) is 6.04. The summed E-state index contributed by atoms with van der Waals surface area (Å²) in [5, 5.41) is 17.8. The van der Waals surface area contributed by atoms with Gasteiger partial charge in [-0.05, 0) is 30.7 Å². The van der Waals surface area contributed by atoms with Gasteiger partial charge in [-0.25, -0.2) is 19.4 Å². The molecule has 0 atom stereocenters. The highest BCUT2D eigenvalue weighted by Crippen LogP contribution is 2.28. The predicted molar refractivity (Wildman–Crippen MR) is 91.2 cm³/mol. The summed E-state index contributed by atoms with van der Waals surface area (Å²) in [6.07, 6.45) is 3.26. The summed E-state index contributed by atoms with van der Waals surface area (Å²) in [5.41, 5.74) is 1.96. The molecule has 3 rings (SSSR count). The molecule has 0 amide bonds. The lowest BCUT2D eigenvalue weighted by molar-refractivity contribution is 0.0689. The van der Waals surface area contributed by atoms with Crippen molar-refractivity contribution in [2.75, 3.05) is 7.11 Å². The summed E-state index contributed by atoms with van der Waals surface area (Å²) in [5.74, 6) is -0.257. The van der Waals surface area contributed by atoms with Crippen LogP contribution in [0.2, 0.25) is 0 Å². The minimum absolute atomic E-state index is 0.105. The second-order valence-electron chi connectivity index (χ2n) is 5.10. The predicted octanol–water partition coefficient (Wildman–Crippen LogP) is 2.36. The number of nitrogens with zero attached hydrogens (tertiary/aromatic N) is 5. The molecule has 8 nitrogen and oxygen atoms in total. The normalized spacial score (nSPS) is 10.6. The first-order valence-electron chi connectivity index (χ1n) is 7.33.